The Morgan fingerprint density at radius 3 is 3.03 bits per heavy atom. The number of imidazole rings is 1. The SMILES string of the molecule is CCOC(=O)C(CCCCn1cnc2c1C(=O)CN=CN2)Cc1cccc(Br)c1. The molecule has 0 radical (unpaired) electrons. The highest BCUT2D eigenvalue weighted by atomic mass is 79.9. The van der Waals surface area contributed by atoms with Gasteiger partial charge in [0.15, 0.2) is 5.82 Å². The van der Waals surface area contributed by atoms with E-state index in [4.69, 9.17) is 4.74 Å². The van der Waals surface area contributed by atoms with Gasteiger partial charge in [-0.05, 0) is 43.9 Å². The molecule has 2 aromatic rings. The second-order valence-corrected chi connectivity index (χ2v) is 7.87. The van der Waals surface area contributed by atoms with Crippen LogP contribution in [-0.4, -0.2) is 40.8 Å². The maximum absolute atomic E-state index is 12.4. The first-order valence-corrected chi connectivity index (χ1v) is 10.6. The molecular weight excluding hydrogens is 436 g/mol. The van der Waals surface area contributed by atoms with Crippen LogP contribution < -0.4 is 5.32 Å². The van der Waals surface area contributed by atoms with Crippen molar-refractivity contribution >= 4 is 39.8 Å². The van der Waals surface area contributed by atoms with Crippen LogP contribution in [0.4, 0.5) is 5.82 Å². The summed E-state index contributed by atoms with van der Waals surface area (Å²) in [7, 11) is 0. The van der Waals surface area contributed by atoms with Crippen molar-refractivity contribution in [2.45, 2.75) is 39.2 Å². The predicted molar refractivity (Wildman–Crippen MR) is 115 cm³/mol. The fourth-order valence-electron chi connectivity index (χ4n) is 3.44. The summed E-state index contributed by atoms with van der Waals surface area (Å²) in [6.07, 6.45) is 6.26. The molecule has 8 heteroatoms. The molecule has 7 nitrogen and oxygen atoms in total. The second-order valence-electron chi connectivity index (χ2n) is 6.95. The van der Waals surface area contributed by atoms with Crippen molar-refractivity contribution in [1.29, 1.82) is 0 Å². The molecule has 154 valence electrons. The number of carbonyl (C=O) groups is 2. The van der Waals surface area contributed by atoms with Crippen molar-refractivity contribution < 1.29 is 14.3 Å². The number of halogens is 1. The topological polar surface area (TPSA) is 85.6 Å². The molecule has 29 heavy (non-hydrogen) atoms. The normalized spacial score (nSPS) is 14.1. The van der Waals surface area contributed by atoms with Gasteiger partial charge in [0, 0.05) is 11.0 Å². The Bertz CT molecular complexity index is 894. The lowest BCUT2D eigenvalue weighted by Gasteiger charge is -2.16. The molecule has 0 aliphatic carbocycles. The van der Waals surface area contributed by atoms with E-state index >= 15 is 0 Å². The number of esters is 1. The summed E-state index contributed by atoms with van der Waals surface area (Å²) in [6, 6.07) is 8.01. The number of carbonyl (C=O) groups excluding carboxylic acids is 2. The minimum absolute atomic E-state index is 0.0437. The van der Waals surface area contributed by atoms with Gasteiger partial charge in [-0.15, -0.1) is 0 Å². The number of aryl methyl sites for hydroxylation is 1. The van der Waals surface area contributed by atoms with Crippen LogP contribution in [0.3, 0.4) is 0 Å². The minimum Gasteiger partial charge on any atom is -0.466 e. The Kier molecular flexibility index (Phi) is 7.57. The molecule has 1 aromatic heterocycles. The number of unbranched alkanes of at least 4 members (excludes halogenated alkanes) is 1. The van der Waals surface area contributed by atoms with Crippen molar-refractivity contribution in [1.82, 2.24) is 9.55 Å². The molecule has 1 aliphatic heterocycles. The number of nitrogens with zero attached hydrogens (tertiary/aromatic N) is 3. The van der Waals surface area contributed by atoms with Crippen LogP contribution in [-0.2, 0) is 22.5 Å². The minimum atomic E-state index is -0.180. The van der Waals surface area contributed by atoms with Gasteiger partial charge < -0.3 is 14.6 Å². The number of hydrogen-bond donors (Lipinski definition) is 1. The number of hydrogen-bond acceptors (Lipinski definition) is 6. The predicted octanol–water partition coefficient (Wildman–Crippen LogP) is 3.87. The maximum atomic E-state index is 12.4. The molecule has 1 aromatic carbocycles. The van der Waals surface area contributed by atoms with Crippen LogP contribution in [0, 0.1) is 5.92 Å². The van der Waals surface area contributed by atoms with Gasteiger partial charge in [-0.2, -0.15) is 0 Å². The molecule has 1 aliphatic rings. The van der Waals surface area contributed by atoms with E-state index in [0.29, 0.717) is 31.1 Å². The Morgan fingerprint density at radius 1 is 1.38 bits per heavy atom. The van der Waals surface area contributed by atoms with Gasteiger partial charge in [0.1, 0.15) is 12.2 Å². The molecule has 0 saturated carbocycles. The summed E-state index contributed by atoms with van der Waals surface area (Å²) in [4.78, 5) is 32.9. The van der Waals surface area contributed by atoms with Crippen molar-refractivity contribution in [3.05, 3.63) is 46.3 Å². The van der Waals surface area contributed by atoms with Crippen LogP contribution in [0.1, 0.15) is 42.2 Å². The highest BCUT2D eigenvalue weighted by molar-refractivity contribution is 9.10. The number of ketones is 1. The van der Waals surface area contributed by atoms with Crippen molar-refractivity contribution in [2.24, 2.45) is 10.9 Å². The van der Waals surface area contributed by atoms with Gasteiger partial charge in [0.2, 0.25) is 5.78 Å². The van der Waals surface area contributed by atoms with Gasteiger partial charge in [0.25, 0.3) is 0 Å². The summed E-state index contributed by atoms with van der Waals surface area (Å²) >= 11 is 3.48. The van der Waals surface area contributed by atoms with Crippen molar-refractivity contribution in [2.75, 3.05) is 18.5 Å². The Labute approximate surface area is 178 Å². The van der Waals surface area contributed by atoms with Crippen LogP contribution in [0.25, 0.3) is 0 Å². The highest BCUT2D eigenvalue weighted by Crippen LogP contribution is 2.21. The third-order valence-corrected chi connectivity index (χ3v) is 5.32. The summed E-state index contributed by atoms with van der Waals surface area (Å²) in [5.41, 5.74) is 1.67. The maximum Gasteiger partial charge on any atom is 0.309 e. The summed E-state index contributed by atoms with van der Waals surface area (Å²) < 4.78 is 8.15. The van der Waals surface area contributed by atoms with Crippen molar-refractivity contribution in [3.63, 3.8) is 0 Å². The standard InChI is InChI=1S/C21H25BrN4O3/c1-2-29-21(28)16(10-15-6-5-8-17(22)11-15)7-3-4-9-26-14-25-20-19(26)18(27)12-23-13-24-20/h5-6,8,11,13-14,16H,2-4,7,9-10,12H2,1H3,(H,23,24). The Balaban J connectivity index is 1.57. The highest BCUT2D eigenvalue weighted by Gasteiger charge is 2.22. The third-order valence-electron chi connectivity index (χ3n) is 4.82. The summed E-state index contributed by atoms with van der Waals surface area (Å²) in [5.74, 6) is 0.175. The van der Waals surface area contributed by atoms with E-state index in [1.807, 2.05) is 35.8 Å². The number of nitrogens with one attached hydrogen (secondary N) is 1. The third kappa shape index (κ3) is 5.76. The lowest BCUT2D eigenvalue weighted by atomic mass is 9.94. The molecule has 0 spiro atoms. The zero-order valence-electron chi connectivity index (χ0n) is 16.4. The van der Waals surface area contributed by atoms with E-state index in [0.717, 1.165) is 29.3 Å². The van der Waals surface area contributed by atoms with E-state index in [1.54, 1.807) is 6.33 Å². The molecule has 0 amide bonds. The van der Waals surface area contributed by atoms with E-state index < -0.39 is 0 Å². The zero-order chi connectivity index (χ0) is 20.6. The van der Waals surface area contributed by atoms with E-state index in [1.165, 1.54) is 6.34 Å². The number of benzene rings is 1. The van der Waals surface area contributed by atoms with E-state index in [-0.39, 0.29) is 24.2 Å². The lowest BCUT2D eigenvalue weighted by molar-refractivity contribution is -0.148. The first-order chi connectivity index (χ1) is 14.1. The number of rotatable bonds is 9. The number of anilines is 1. The molecule has 0 saturated heterocycles. The zero-order valence-corrected chi connectivity index (χ0v) is 18.0. The molecule has 3 rings (SSSR count). The largest absolute Gasteiger partial charge is 0.466 e. The fraction of sp³-hybridized carbons (Fsp3) is 0.429. The average Bonchev–Trinajstić information content (AvgIpc) is 3.01. The van der Waals surface area contributed by atoms with E-state index in [2.05, 4.69) is 31.2 Å². The van der Waals surface area contributed by atoms with Crippen LogP contribution in [0.2, 0.25) is 0 Å². The molecule has 0 bridgehead atoms. The number of fused-ring (bicyclic) bond motifs is 1. The molecule has 1 atom stereocenters. The van der Waals surface area contributed by atoms with Crippen LogP contribution in [0.5, 0.6) is 0 Å². The van der Waals surface area contributed by atoms with Gasteiger partial charge >= 0.3 is 5.97 Å². The Morgan fingerprint density at radius 2 is 2.24 bits per heavy atom. The molecule has 1 unspecified atom stereocenters. The van der Waals surface area contributed by atoms with Crippen LogP contribution >= 0.6 is 15.9 Å². The first kappa shape index (κ1) is 21.2. The average molecular weight is 461 g/mol. The second kappa shape index (κ2) is 10.3. The molecule has 2 heterocycles. The number of aliphatic imine (C=N–C) groups is 1. The lowest BCUT2D eigenvalue weighted by Crippen LogP contribution is -2.20. The quantitative estimate of drug-likeness (QED) is 0.453. The summed E-state index contributed by atoms with van der Waals surface area (Å²) in [6.45, 7) is 3.01. The smallest absolute Gasteiger partial charge is 0.309 e. The molecule has 1 N–H and O–H groups in total. The van der Waals surface area contributed by atoms with Gasteiger partial charge in [-0.1, -0.05) is 34.5 Å². The Hall–Kier alpha value is -2.48. The first-order valence-electron chi connectivity index (χ1n) is 9.82. The monoisotopic (exact) mass is 460 g/mol. The van der Waals surface area contributed by atoms with E-state index in [9.17, 15) is 9.59 Å². The van der Waals surface area contributed by atoms with Crippen molar-refractivity contribution in [3.8, 4) is 0 Å². The number of Topliss-reactive ketones (excluding diaryl/α,β-unsaturated/α-hetero) is 1. The van der Waals surface area contributed by atoms with Gasteiger partial charge in [-0.3, -0.25) is 14.6 Å². The van der Waals surface area contributed by atoms with Crippen LogP contribution in [0.15, 0.2) is 40.1 Å². The molecular formula is C21H25BrN4O3. The summed E-state index contributed by atoms with van der Waals surface area (Å²) in [5, 5.41) is 2.94. The fourth-order valence-corrected chi connectivity index (χ4v) is 3.89. The number of ether oxygens (including phenoxy) is 1. The number of aromatic nitrogens is 2. The molecule has 0 fully saturated rings. The van der Waals surface area contributed by atoms with Gasteiger partial charge in [0.05, 0.1) is 25.2 Å². The van der Waals surface area contributed by atoms with Gasteiger partial charge in [-0.25, -0.2) is 4.98 Å².